The normalized spacial score (nSPS) is 10.0. The number of halogens is 1. The molecule has 2 aromatic rings. The molecule has 0 saturated carbocycles. The third-order valence-electron chi connectivity index (χ3n) is 3.15. The van der Waals surface area contributed by atoms with Crippen molar-refractivity contribution >= 4 is 23.4 Å². The molecule has 0 fully saturated rings. The van der Waals surface area contributed by atoms with Crippen molar-refractivity contribution in [3.05, 3.63) is 64.7 Å². The van der Waals surface area contributed by atoms with Crippen LogP contribution in [0.5, 0.6) is 5.75 Å². The maximum Gasteiger partial charge on any atom is 0.276 e. The van der Waals surface area contributed by atoms with E-state index in [2.05, 4.69) is 10.9 Å². The van der Waals surface area contributed by atoms with Gasteiger partial charge in [-0.3, -0.25) is 20.4 Å². The number of nitrogens with one attached hydrogen (secondary N) is 2. The predicted molar refractivity (Wildman–Crippen MR) is 88.1 cm³/mol. The minimum Gasteiger partial charge on any atom is -0.482 e. The van der Waals surface area contributed by atoms with Crippen molar-refractivity contribution in [3.8, 4) is 5.75 Å². The number of amides is 2. The molecule has 0 aliphatic rings. The van der Waals surface area contributed by atoms with Crippen LogP contribution in [0.3, 0.4) is 0 Å². The van der Waals surface area contributed by atoms with Gasteiger partial charge in [-0.15, -0.1) is 0 Å². The number of carbonyl (C=O) groups excluding carboxylic acids is 2. The summed E-state index contributed by atoms with van der Waals surface area (Å²) in [5.41, 5.74) is 6.60. The van der Waals surface area contributed by atoms with E-state index in [0.29, 0.717) is 10.8 Å². The summed E-state index contributed by atoms with van der Waals surface area (Å²) in [5, 5.41) is 0.420. The molecule has 5 nitrogen and oxygen atoms in total. The monoisotopic (exact) mass is 332 g/mol. The van der Waals surface area contributed by atoms with E-state index in [4.69, 9.17) is 16.3 Å². The molecule has 2 N–H and O–H groups in total. The summed E-state index contributed by atoms with van der Waals surface area (Å²) in [4.78, 5) is 23.5. The van der Waals surface area contributed by atoms with Crippen LogP contribution in [0.25, 0.3) is 0 Å². The van der Waals surface area contributed by atoms with Gasteiger partial charge in [0.15, 0.2) is 6.61 Å². The number of hydrazine groups is 1. The number of hydrogen-bond donors (Lipinski definition) is 2. The standard InChI is InChI=1S/C17H17ClN2O3/c1-12-6-2-3-7-13(12)10-16(21)19-20-17(22)11-23-15-9-5-4-8-14(15)18/h2-9H,10-11H2,1H3,(H,19,21)(H,20,22). The average Bonchev–Trinajstić information content (AvgIpc) is 2.54. The first-order chi connectivity index (χ1) is 11.1. The van der Waals surface area contributed by atoms with Gasteiger partial charge in [-0.1, -0.05) is 48.0 Å². The van der Waals surface area contributed by atoms with E-state index in [1.54, 1.807) is 24.3 Å². The van der Waals surface area contributed by atoms with Crippen molar-refractivity contribution in [2.24, 2.45) is 0 Å². The summed E-state index contributed by atoms with van der Waals surface area (Å²) >= 11 is 5.91. The topological polar surface area (TPSA) is 67.4 Å². The lowest BCUT2D eigenvalue weighted by molar-refractivity contribution is -0.129. The molecule has 0 saturated heterocycles. The van der Waals surface area contributed by atoms with E-state index in [0.717, 1.165) is 11.1 Å². The molecular formula is C17H17ClN2O3. The van der Waals surface area contributed by atoms with Crippen LogP contribution in [0, 0.1) is 6.92 Å². The fraction of sp³-hybridized carbons (Fsp3) is 0.176. The lowest BCUT2D eigenvalue weighted by atomic mass is 10.1. The molecule has 2 aromatic carbocycles. The first-order valence-electron chi connectivity index (χ1n) is 7.06. The van der Waals surface area contributed by atoms with Gasteiger partial charge in [0, 0.05) is 0 Å². The molecule has 2 rings (SSSR count). The number of ether oxygens (including phenoxy) is 1. The number of rotatable bonds is 5. The lowest BCUT2D eigenvalue weighted by Crippen LogP contribution is -2.44. The second kappa shape index (κ2) is 8.19. The van der Waals surface area contributed by atoms with E-state index in [1.807, 2.05) is 31.2 Å². The zero-order valence-corrected chi connectivity index (χ0v) is 13.4. The first-order valence-corrected chi connectivity index (χ1v) is 7.43. The van der Waals surface area contributed by atoms with E-state index in [-0.39, 0.29) is 18.9 Å². The van der Waals surface area contributed by atoms with Crippen LogP contribution in [0.4, 0.5) is 0 Å². The van der Waals surface area contributed by atoms with Crippen molar-refractivity contribution in [2.45, 2.75) is 13.3 Å². The second-order valence-electron chi connectivity index (χ2n) is 4.92. The molecule has 0 bridgehead atoms. The average molecular weight is 333 g/mol. The largest absolute Gasteiger partial charge is 0.482 e. The predicted octanol–water partition coefficient (Wildman–Crippen LogP) is 2.42. The zero-order valence-electron chi connectivity index (χ0n) is 12.6. The fourth-order valence-electron chi connectivity index (χ4n) is 1.91. The van der Waals surface area contributed by atoms with Crippen LogP contribution in [0.15, 0.2) is 48.5 Å². The summed E-state index contributed by atoms with van der Waals surface area (Å²) in [5.74, 6) is -0.357. The van der Waals surface area contributed by atoms with Crippen molar-refractivity contribution in [2.75, 3.05) is 6.61 Å². The van der Waals surface area contributed by atoms with E-state index in [9.17, 15) is 9.59 Å². The minimum atomic E-state index is -0.469. The summed E-state index contributed by atoms with van der Waals surface area (Å²) in [6.45, 7) is 1.69. The molecule has 6 heteroatoms. The summed E-state index contributed by atoms with van der Waals surface area (Å²) in [6.07, 6.45) is 0.193. The van der Waals surface area contributed by atoms with Crippen LogP contribution >= 0.6 is 11.6 Å². The second-order valence-corrected chi connectivity index (χ2v) is 5.33. The molecule has 0 spiro atoms. The molecule has 120 valence electrons. The number of benzene rings is 2. The van der Waals surface area contributed by atoms with Gasteiger partial charge in [-0.2, -0.15) is 0 Å². The van der Waals surface area contributed by atoms with Gasteiger partial charge in [0.1, 0.15) is 5.75 Å². The zero-order chi connectivity index (χ0) is 16.7. The number of carbonyl (C=O) groups is 2. The van der Waals surface area contributed by atoms with Gasteiger partial charge >= 0.3 is 0 Å². The number of aryl methyl sites for hydroxylation is 1. The quantitative estimate of drug-likeness (QED) is 0.826. The van der Waals surface area contributed by atoms with Gasteiger partial charge < -0.3 is 4.74 Å². The van der Waals surface area contributed by atoms with Crippen molar-refractivity contribution in [1.29, 1.82) is 0 Å². The molecule has 23 heavy (non-hydrogen) atoms. The van der Waals surface area contributed by atoms with Gasteiger partial charge in [0.05, 0.1) is 11.4 Å². The third kappa shape index (κ3) is 5.30. The van der Waals surface area contributed by atoms with Crippen LogP contribution in [-0.2, 0) is 16.0 Å². The highest BCUT2D eigenvalue weighted by atomic mass is 35.5. The SMILES string of the molecule is Cc1ccccc1CC(=O)NNC(=O)COc1ccccc1Cl. The van der Waals surface area contributed by atoms with Gasteiger partial charge in [0.25, 0.3) is 5.91 Å². The van der Waals surface area contributed by atoms with Gasteiger partial charge in [-0.25, -0.2) is 0 Å². The van der Waals surface area contributed by atoms with Crippen molar-refractivity contribution in [3.63, 3.8) is 0 Å². The summed E-state index contributed by atoms with van der Waals surface area (Å²) in [7, 11) is 0. The Morgan fingerprint density at radius 1 is 1.00 bits per heavy atom. The maximum atomic E-state index is 11.8. The Hall–Kier alpha value is -2.53. The maximum absolute atomic E-state index is 11.8. The Bertz CT molecular complexity index is 704. The van der Waals surface area contributed by atoms with Crippen LogP contribution in [0.1, 0.15) is 11.1 Å². The third-order valence-corrected chi connectivity index (χ3v) is 3.46. The highest BCUT2D eigenvalue weighted by Gasteiger charge is 2.08. The number of para-hydroxylation sites is 1. The minimum absolute atomic E-state index is 0.193. The van der Waals surface area contributed by atoms with Crippen LogP contribution in [-0.4, -0.2) is 18.4 Å². The molecule has 0 radical (unpaired) electrons. The summed E-state index contributed by atoms with van der Waals surface area (Å²) < 4.78 is 5.27. The Labute approximate surface area is 139 Å². The van der Waals surface area contributed by atoms with Crippen molar-refractivity contribution < 1.29 is 14.3 Å². The van der Waals surface area contributed by atoms with E-state index >= 15 is 0 Å². The molecule has 0 aliphatic heterocycles. The van der Waals surface area contributed by atoms with Crippen LogP contribution in [0.2, 0.25) is 5.02 Å². The Balaban J connectivity index is 1.75. The molecule has 2 amide bonds. The lowest BCUT2D eigenvalue weighted by Gasteiger charge is -2.10. The first kappa shape index (κ1) is 16.8. The van der Waals surface area contributed by atoms with Gasteiger partial charge in [-0.05, 0) is 30.2 Å². The molecule has 0 aliphatic carbocycles. The molecule has 0 unspecified atom stereocenters. The smallest absolute Gasteiger partial charge is 0.276 e. The Morgan fingerprint density at radius 2 is 1.65 bits per heavy atom. The number of hydrogen-bond acceptors (Lipinski definition) is 3. The van der Waals surface area contributed by atoms with Gasteiger partial charge in [0.2, 0.25) is 5.91 Å². The van der Waals surface area contributed by atoms with E-state index < -0.39 is 5.91 Å². The Morgan fingerprint density at radius 3 is 2.39 bits per heavy atom. The molecule has 0 atom stereocenters. The van der Waals surface area contributed by atoms with Crippen molar-refractivity contribution in [1.82, 2.24) is 10.9 Å². The molecule has 0 heterocycles. The Kier molecular flexibility index (Phi) is 6.00. The fourth-order valence-corrected chi connectivity index (χ4v) is 2.10. The molecular weight excluding hydrogens is 316 g/mol. The summed E-state index contributed by atoms with van der Waals surface area (Å²) in [6, 6.07) is 14.4. The molecule has 0 aromatic heterocycles. The highest BCUT2D eigenvalue weighted by molar-refractivity contribution is 6.32. The highest BCUT2D eigenvalue weighted by Crippen LogP contribution is 2.22. The van der Waals surface area contributed by atoms with Crippen LogP contribution < -0.4 is 15.6 Å². The van der Waals surface area contributed by atoms with E-state index in [1.165, 1.54) is 0 Å².